The summed E-state index contributed by atoms with van der Waals surface area (Å²) < 4.78 is 16.4. The minimum absolute atomic E-state index is 0.135. The van der Waals surface area contributed by atoms with E-state index in [4.69, 9.17) is 14.2 Å². The van der Waals surface area contributed by atoms with Crippen molar-refractivity contribution in [2.45, 2.75) is 6.61 Å². The predicted octanol–water partition coefficient (Wildman–Crippen LogP) is 1.61. The average molecular weight is 383 g/mol. The molecule has 4 rings (SSSR count). The number of rotatable bonds is 6. The van der Waals surface area contributed by atoms with E-state index in [9.17, 15) is 14.8 Å². The summed E-state index contributed by atoms with van der Waals surface area (Å²) in [5.74, 6) is 1.87. The van der Waals surface area contributed by atoms with Crippen molar-refractivity contribution in [3.8, 4) is 27.8 Å². The molecule has 0 atom stereocenters. The van der Waals surface area contributed by atoms with Crippen molar-refractivity contribution in [1.82, 2.24) is 4.98 Å². The number of fused-ring (bicyclic) bond motifs is 1. The van der Waals surface area contributed by atoms with E-state index in [-0.39, 0.29) is 24.4 Å². The lowest BCUT2D eigenvalue weighted by Crippen LogP contribution is -2.32. The van der Waals surface area contributed by atoms with Crippen LogP contribution in [0, 0.1) is 0 Å². The highest BCUT2D eigenvalue weighted by atomic mass is 32.1. The molecule has 0 saturated heterocycles. The third kappa shape index (κ3) is 3.66. The second kappa shape index (κ2) is 7.39. The molecule has 0 unspecified atom stereocenters. The number of hydrogen-bond acceptors (Lipinski definition) is 8. The van der Waals surface area contributed by atoms with Gasteiger partial charge in [-0.25, -0.2) is 4.98 Å². The van der Waals surface area contributed by atoms with Crippen LogP contribution >= 0.6 is 11.3 Å². The number of aldehydes is 1. The van der Waals surface area contributed by atoms with Crippen LogP contribution in [0.15, 0.2) is 41.8 Å². The van der Waals surface area contributed by atoms with Crippen molar-refractivity contribution in [1.29, 1.82) is 0 Å². The molecular formula is C18H14BNO6S. The van der Waals surface area contributed by atoms with Gasteiger partial charge in [-0.3, -0.25) is 4.79 Å². The zero-order valence-electron chi connectivity index (χ0n) is 14.0. The first kappa shape index (κ1) is 17.5. The van der Waals surface area contributed by atoms with Crippen LogP contribution in [0.2, 0.25) is 0 Å². The van der Waals surface area contributed by atoms with Crippen molar-refractivity contribution in [3.63, 3.8) is 0 Å². The third-order valence-electron chi connectivity index (χ3n) is 4.02. The highest BCUT2D eigenvalue weighted by Crippen LogP contribution is 2.36. The Morgan fingerprint density at radius 2 is 2.04 bits per heavy atom. The molecule has 2 N–H and O–H groups in total. The molecule has 1 aromatic heterocycles. The summed E-state index contributed by atoms with van der Waals surface area (Å²) in [7, 11) is -1.71. The standard InChI is InChI=1S/C18H14BNO6S/c21-7-12-5-14(2-3-15(12)19(22)23)24-8-13-9-27-18(20-13)11-1-4-16-17(6-11)26-10-25-16/h1-7,9,22-23H,8,10H2. The lowest BCUT2D eigenvalue weighted by Gasteiger charge is -2.08. The lowest BCUT2D eigenvalue weighted by atomic mass is 9.77. The van der Waals surface area contributed by atoms with E-state index in [2.05, 4.69) is 4.98 Å². The molecule has 27 heavy (non-hydrogen) atoms. The van der Waals surface area contributed by atoms with Crippen LogP contribution in [-0.4, -0.2) is 35.2 Å². The fraction of sp³-hybridized carbons (Fsp3) is 0.111. The van der Waals surface area contributed by atoms with Crippen LogP contribution in [0.1, 0.15) is 16.1 Å². The maximum atomic E-state index is 11.1. The van der Waals surface area contributed by atoms with E-state index in [0.717, 1.165) is 22.0 Å². The number of carbonyl (C=O) groups excluding carboxylic acids is 1. The topological polar surface area (TPSA) is 98.1 Å². The molecule has 0 amide bonds. The van der Waals surface area contributed by atoms with Gasteiger partial charge in [0.15, 0.2) is 11.5 Å². The van der Waals surface area contributed by atoms with E-state index in [0.29, 0.717) is 17.8 Å². The van der Waals surface area contributed by atoms with Crippen molar-refractivity contribution in [3.05, 3.63) is 53.0 Å². The third-order valence-corrected chi connectivity index (χ3v) is 4.96. The number of carbonyl (C=O) groups is 1. The summed E-state index contributed by atoms with van der Waals surface area (Å²) in [4.78, 5) is 15.6. The Kier molecular flexibility index (Phi) is 4.80. The first-order valence-electron chi connectivity index (χ1n) is 8.06. The van der Waals surface area contributed by atoms with Gasteiger partial charge in [-0.05, 0) is 35.8 Å². The summed E-state index contributed by atoms with van der Waals surface area (Å²) in [6.07, 6.45) is 0.558. The molecule has 2 aromatic carbocycles. The van der Waals surface area contributed by atoms with Gasteiger partial charge in [-0.15, -0.1) is 11.3 Å². The highest BCUT2D eigenvalue weighted by Gasteiger charge is 2.17. The number of benzene rings is 2. The molecule has 0 aliphatic carbocycles. The number of nitrogens with zero attached hydrogens (tertiary/aromatic N) is 1. The first-order valence-corrected chi connectivity index (χ1v) is 8.94. The van der Waals surface area contributed by atoms with E-state index in [1.54, 1.807) is 6.07 Å². The quantitative estimate of drug-likeness (QED) is 0.493. The summed E-state index contributed by atoms with van der Waals surface area (Å²) in [6.45, 7) is 0.449. The molecule has 7 nitrogen and oxygen atoms in total. The fourth-order valence-corrected chi connectivity index (χ4v) is 3.47. The Bertz CT molecular complexity index is 990. The minimum atomic E-state index is -1.71. The highest BCUT2D eigenvalue weighted by molar-refractivity contribution is 7.13. The van der Waals surface area contributed by atoms with E-state index in [1.807, 2.05) is 23.6 Å². The number of aromatic nitrogens is 1. The number of hydrogen-bond donors (Lipinski definition) is 2. The van der Waals surface area contributed by atoms with Gasteiger partial charge in [0, 0.05) is 16.5 Å². The van der Waals surface area contributed by atoms with E-state index >= 15 is 0 Å². The Morgan fingerprint density at radius 1 is 1.19 bits per heavy atom. The largest absolute Gasteiger partial charge is 0.489 e. The SMILES string of the molecule is O=Cc1cc(OCc2csc(-c3ccc4c(c3)OCO4)n2)ccc1B(O)O. The molecular weight excluding hydrogens is 369 g/mol. The monoisotopic (exact) mass is 383 g/mol. The van der Waals surface area contributed by atoms with E-state index in [1.165, 1.54) is 23.5 Å². The molecule has 0 radical (unpaired) electrons. The van der Waals surface area contributed by atoms with Gasteiger partial charge in [-0.2, -0.15) is 0 Å². The Labute approximate surface area is 158 Å². The fourth-order valence-electron chi connectivity index (χ4n) is 2.67. The second-order valence-corrected chi connectivity index (χ2v) is 6.64. The van der Waals surface area contributed by atoms with Gasteiger partial charge in [0.1, 0.15) is 23.7 Å². The van der Waals surface area contributed by atoms with Crippen molar-refractivity contribution < 1.29 is 29.1 Å². The molecule has 0 spiro atoms. The van der Waals surface area contributed by atoms with Crippen LogP contribution in [0.4, 0.5) is 0 Å². The molecule has 1 aliphatic heterocycles. The molecule has 2 heterocycles. The van der Waals surface area contributed by atoms with Crippen LogP contribution in [-0.2, 0) is 6.61 Å². The number of ether oxygens (including phenoxy) is 3. The van der Waals surface area contributed by atoms with Gasteiger partial charge < -0.3 is 24.3 Å². The van der Waals surface area contributed by atoms with Crippen LogP contribution in [0.5, 0.6) is 17.2 Å². The van der Waals surface area contributed by atoms with Gasteiger partial charge in [0.05, 0.1) is 5.69 Å². The normalized spacial score (nSPS) is 12.1. The average Bonchev–Trinajstić information content (AvgIpc) is 3.34. The second-order valence-electron chi connectivity index (χ2n) is 5.78. The molecule has 0 bridgehead atoms. The summed E-state index contributed by atoms with van der Waals surface area (Å²) >= 11 is 1.49. The lowest BCUT2D eigenvalue weighted by molar-refractivity contribution is 0.112. The van der Waals surface area contributed by atoms with Crippen molar-refractivity contribution >= 4 is 30.2 Å². The Morgan fingerprint density at radius 3 is 2.85 bits per heavy atom. The Hall–Kier alpha value is -2.88. The van der Waals surface area contributed by atoms with Crippen molar-refractivity contribution in [2.75, 3.05) is 6.79 Å². The van der Waals surface area contributed by atoms with Gasteiger partial charge in [0.2, 0.25) is 6.79 Å². The maximum Gasteiger partial charge on any atom is 0.489 e. The van der Waals surface area contributed by atoms with E-state index < -0.39 is 7.12 Å². The molecule has 136 valence electrons. The van der Waals surface area contributed by atoms with Crippen LogP contribution in [0.25, 0.3) is 10.6 Å². The summed E-state index contributed by atoms with van der Waals surface area (Å²) in [5.41, 5.74) is 1.98. The maximum absolute atomic E-state index is 11.1. The zero-order valence-corrected chi connectivity index (χ0v) is 14.8. The first-order chi connectivity index (χ1) is 13.1. The smallest absolute Gasteiger partial charge is 0.487 e. The zero-order chi connectivity index (χ0) is 18.8. The van der Waals surface area contributed by atoms with Gasteiger partial charge >= 0.3 is 7.12 Å². The summed E-state index contributed by atoms with van der Waals surface area (Å²) in [6, 6.07) is 10.2. The van der Waals surface area contributed by atoms with Gasteiger partial charge in [-0.1, -0.05) is 6.07 Å². The molecule has 1 aliphatic rings. The number of thiazole rings is 1. The Balaban J connectivity index is 1.46. The molecule has 0 saturated carbocycles. The van der Waals surface area contributed by atoms with Crippen LogP contribution in [0.3, 0.4) is 0 Å². The molecule has 9 heteroatoms. The molecule has 0 fully saturated rings. The predicted molar refractivity (Wildman–Crippen MR) is 99.7 cm³/mol. The molecule has 3 aromatic rings. The van der Waals surface area contributed by atoms with Crippen molar-refractivity contribution in [2.24, 2.45) is 0 Å². The van der Waals surface area contributed by atoms with Gasteiger partial charge in [0.25, 0.3) is 0 Å². The van der Waals surface area contributed by atoms with Crippen LogP contribution < -0.4 is 19.7 Å². The minimum Gasteiger partial charge on any atom is -0.487 e. The summed E-state index contributed by atoms with van der Waals surface area (Å²) in [5, 5.41) is 21.2.